The molecule has 0 aromatic carbocycles. The Bertz CT molecular complexity index is 235. The zero-order valence-corrected chi connectivity index (χ0v) is 8.18. The fourth-order valence-corrected chi connectivity index (χ4v) is 1.18. The van der Waals surface area contributed by atoms with Gasteiger partial charge in [0.15, 0.2) is 5.01 Å². The topological polar surface area (TPSA) is 39.2 Å². The molecule has 0 amide bonds. The molecule has 0 radical (unpaired) electrons. The Morgan fingerprint density at radius 1 is 1.91 bits per heavy atom. The van der Waals surface area contributed by atoms with E-state index in [-0.39, 0.29) is 11.0 Å². The van der Waals surface area contributed by atoms with Crippen LogP contribution >= 0.6 is 27.5 Å². The van der Waals surface area contributed by atoms with Gasteiger partial charge in [-0.2, -0.15) is 0 Å². The van der Waals surface area contributed by atoms with Crippen LogP contribution in [0.2, 0.25) is 0 Å². The molecule has 0 aliphatic rings. The zero-order chi connectivity index (χ0) is 8.27. The summed E-state index contributed by atoms with van der Waals surface area (Å²) in [5.74, 6) is -0.336. The smallest absolute Gasteiger partial charge is 0.351 e. The van der Waals surface area contributed by atoms with Crippen LogP contribution in [0, 0.1) is 0 Å². The summed E-state index contributed by atoms with van der Waals surface area (Å²) < 4.78 is 8.62. The number of esters is 1. The highest BCUT2D eigenvalue weighted by Crippen LogP contribution is 2.09. The van der Waals surface area contributed by atoms with Gasteiger partial charge in [0.2, 0.25) is 0 Å². The van der Waals surface area contributed by atoms with Gasteiger partial charge in [-0.3, -0.25) is 0 Å². The Kier molecular flexibility index (Phi) is 3.02. The summed E-state index contributed by atoms with van der Waals surface area (Å²) in [7, 11) is 0. The molecule has 0 spiro atoms. The van der Waals surface area contributed by atoms with E-state index < -0.39 is 0 Å². The molecular weight excluding hydrogens is 230 g/mol. The normalized spacial score (nSPS) is 12.5. The highest BCUT2D eigenvalue weighted by atomic mass is 79.9. The van der Waals surface area contributed by atoms with Crippen molar-refractivity contribution < 1.29 is 9.53 Å². The molecule has 0 fully saturated rings. The van der Waals surface area contributed by atoms with Crippen molar-refractivity contribution in [3.05, 3.63) is 17.1 Å². The SMILES string of the molecule is CC(Br)OC(=O)c1ccns1. The molecule has 11 heavy (non-hydrogen) atoms. The Labute approximate surface area is 76.7 Å². The highest BCUT2D eigenvalue weighted by molar-refractivity contribution is 9.09. The molecule has 0 saturated heterocycles. The van der Waals surface area contributed by atoms with Crippen molar-refractivity contribution in [1.29, 1.82) is 0 Å². The predicted octanol–water partition coefficient (Wildman–Crippen LogP) is 2.04. The van der Waals surface area contributed by atoms with Crippen molar-refractivity contribution in [3.8, 4) is 0 Å². The maximum absolute atomic E-state index is 11.0. The average Bonchev–Trinajstić information content (AvgIpc) is 2.35. The fraction of sp³-hybridized carbons (Fsp3) is 0.333. The van der Waals surface area contributed by atoms with Crippen LogP contribution in [-0.2, 0) is 4.74 Å². The monoisotopic (exact) mass is 235 g/mol. The minimum Gasteiger partial charge on any atom is -0.447 e. The van der Waals surface area contributed by atoms with E-state index in [1.807, 2.05) is 0 Å². The molecule has 0 bridgehead atoms. The van der Waals surface area contributed by atoms with Gasteiger partial charge in [0, 0.05) is 6.20 Å². The summed E-state index contributed by atoms with van der Waals surface area (Å²) >= 11 is 4.23. The van der Waals surface area contributed by atoms with Crippen molar-refractivity contribution in [3.63, 3.8) is 0 Å². The quantitative estimate of drug-likeness (QED) is 0.582. The Balaban J connectivity index is 2.57. The highest BCUT2D eigenvalue weighted by Gasteiger charge is 2.10. The number of carbonyl (C=O) groups is 1. The summed E-state index contributed by atoms with van der Waals surface area (Å²) in [6.45, 7) is 1.74. The predicted molar refractivity (Wildman–Crippen MR) is 45.9 cm³/mol. The van der Waals surface area contributed by atoms with Crippen molar-refractivity contribution >= 4 is 33.4 Å². The van der Waals surface area contributed by atoms with Crippen molar-refractivity contribution in [1.82, 2.24) is 4.37 Å². The standard InChI is InChI=1S/C6H6BrNO2S/c1-4(7)10-6(9)5-2-3-8-11-5/h2-4H,1H3. The third kappa shape index (κ3) is 2.59. The molecule has 1 aromatic rings. The van der Waals surface area contributed by atoms with E-state index >= 15 is 0 Å². The van der Waals surface area contributed by atoms with Gasteiger partial charge in [-0.05, 0) is 40.5 Å². The molecule has 1 aromatic heterocycles. The Hall–Kier alpha value is -0.420. The van der Waals surface area contributed by atoms with Gasteiger partial charge in [0.05, 0.1) is 0 Å². The van der Waals surface area contributed by atoms with Gasteiger partial charge in [0.1, 0.15) is 4.88 Å². The second-order valence-corrected chi connectivity index (χ2v) is 3.95. The Morgan fingerprint density at radius 3 is 3.09 bits per heavy atom. The molecule has 0 aliphatic carbocycles. The van der Waals surface area contributed by atoms with Gasteiger partial charge in [-0.1, -0.05) is 0 Å². The third-order valence-corrected chi connectivity index (χ3v) is 1.82. The molecule has 1 heterocycles. The molecule has 1 unspecified atom stereocenters. The minimum atomic E-state index is -0.336. The van der Waals surface area contributed by atoms with Gasteiger partial charge in [-0.15, -0.1) is 0 Å². The number of aromatic nitrogens is 1. The van der Waals surface area contributed by atoms with E-state index in [4.69, 9.17) is 4.74 Å². The van der Waals surface area contributed by atoms with Crippen LogP contribution in [0.4, 0.5) is 0 Å². The van der Waals surface area contributed by atoms with Gasteiger partial charge in [0.25, 0.3) is 0 Å². The van der Waals surface area contributed by atoms with Crippen LogP contribution in [0.3, 0.4) is 0 Å². The van der Waals surface area contributed by atoms with E-state index in [1.165, 1.54) is 0 Å². The lowest BCUT2D eigenvalue weighted by molar-refractivity contribution is 0.0496. The van der Waals surface area contributed by atoms with Crippen LogP contribution < -0.4 is 0 Å². The van der Waals surface area contributed by atoms with Gasteiger partial charge >= 0.3 is 5.97 Å². The van der Waals surface area contributed by atoms with Crippen LogP contribution in [0.25, 0.3) is 0 Å². The maximum atomic E-state index is 11.0. The number of rotatable bonds is 2. The molecule has 1 rings (SSSR count). The largest absolute Gasteiger partial charge is 0.447 e. The Morgan fingerprint density at radius 2 is 2.64 bits per heavy atom. The maximum Gasteiger partial charge on any atom is 0.351 e. The van der Waals surface area contributed by atoms with Crippen LogP contribution in [0.15, 0.2) is 12.3 Å². The minimum absolute atomic E-state index is 0.253. The van der Waals surface area contributed by atoms with E-state index in [0.29, 0.717) is 4.88 Å². The molecule has 5 heteroatoms. The van der Waals surface area contributed by atoms with Crippen LogP contribution in [0.1, 0.15) is 16.6 Å². The lowest BCUT2D eigenvalue weighted by Crippen LogP contribution is -2.07. The number of hydrogen-bond donors (Lipinski definition) is 0. The third-order valence-electron chi connectivity index (χ3n) is 0.908. The lowest BCUT2D eigenvalue weighted by Gasteiger charge is -2.02. The van der Waals surface area contributed by atoms with Crippen molar-refractivity contribution in [2.75, 3.05) is 0 Å². The average molecular weight is 236 g/mol. The van der Waals surface area contributed by atoms with E-state index in [9.17, 15) is 4.79 Å². The molecule has 3 nitrogen and oxygen atoms in total. The number of carbonyl (C=O) groups excluding carboxylic acids is 1. The summed E-state index contributed by atoms with van der Waals surface area (Å²) in [6.07, 6.45) is 1.57. The zero-order valence-electron chi connectivity index (χ0n) is 5.78. The first kappa shape index (κ1) is 8.67. The van der Waals surface area contributed by atoms with Gasteiger partial charge in [-0.25, -0.2) is 9.17 Å². The second kappa shape index (κ2) is 3.82. The van der Waals surface area contributed by atoms with Crippen molar-refractivity contribution in [2.45, 2.75) is 11.9 Å². The summed E-state index contributed by atoms with van der Waals surface area (Å²) in [6, 6.07) is 1.63. The van der Waals surface area contributed by atoms with E-state index in [0.717, 1.165) is 11.5 Å². The number of hydrogen-bond acceptors (Lipinski definition) is 4. The molecular formula is C6H6BrNO2S. The number of ether oxygens (including phenoxy) is 1. The van der Waals surface area contributed by atoms with Crippen LogP contribution in [-0.4, -0.2) is 15.4 Å². The van der Waals surface area contributed by atoms with E-state index in [1.54, 1.807) is 19.2 Å². The molecule has 0 aliphatic heterocycles. The lowest BCUT2D eigenvalue weighted by atomic mass is 10.5. The van der Waals surface area contributed by atoms with Crippen molar-refractivity contribution in [2.24, 2.45) is 0 Å². The summed E-state index contributed by atoms with van der Waals surface area (Å²) in [4.78, 5) is 11.6. The van der Waals surface area contributed by atoms with Gasteiger partial charge < -0.3 is 4.74 Å². The van der Waals surface area contributed by atoms with E-state index in [2.05, 4.69) is 20.3 Å². The molecule has 60 valence electrons. The summed E-state index contributed by atoms with van der Waals surface area (Å²) in [5.41, 5.74) is 0. The molecule has 0 saturated carbocycles. The van der Waals surface area contributed by atoms with Crippen LogP contribution in [0.5, 0.6) is 0 Å². The summed E-state index contributed by atoms with van der Waals surface area (Å²) in [5, 5.41) is -0.253. The number of halogens is 1. The first-order valence-electron chi connectivity index (χ1n) is 2.96. The molecule has 0 N–H and O–H groups in total. The first-order chi connectivity index (χ1) is 5.20. The number of nitrogens with zero attached hydrogens (tertiary/aromatic N) is 1. The number of alkyl halides is 1. The first-order valence-corrected chi connectivity index (χ1v) is 4.65. The second-order valence-electron chi connectivity index (χ2n) is 1.83. The molecule has 1 atom stereocenters. The fourth-order valence-electron chi connectivity index (χ4n) is 0.527.